The number of hydrogen-bond acceptors (Lipinski definition) is 5. The molecule has 0 saturated carbocycles. The lowest BCUT2D eigenvalue weighted by atomic mass is 10.1. The summed E-state index contributed by atoms with van der Waals surface area (Å²) in [5, 5.41) is 6.29. The van der Waals surface area contributed by atoms with Crippen molar-refractivity contribution in [3.8, 4) is 5.75 Å². The second kappa shape index (κ2) is 9.10. The van der Waals surface area contributed by atoms with Crippen molar-refractivity contribution in [1.29, 1.82) is 0 Å². The predicted molar refractivity (Wildman–Crippen MR) is 103 cm³/mol. The summed E-state index contributed by atoms with van der Waals surface area (Å²) in [4.78, 5) is 12.7. The molecule has 3 aromatic rings. The van der Waals surface area contributed by atoms with Crippen molar-refractivity contribution in [1.82, 2.24) is 5.16 Å². The normalized spacial score (nSPS) is 11.7. The number of ether oxygens (including phenoxy) is 1. The fourth-order valence-corrected chi connectivity index (χ4v) is 3.39. The Labute approximate surface area is 156 Å². The molecular weight excluding hydrogens is 348 g/mol. The largest absolute Gasteiger partial charge is 0.493 e. The highest BCUT2D eigenvalue weighted by Crippen LogP contribution is 2.30. The highest BCUT2D eigenvalue weighted by atomic mass is 32.2. The Hall–Kier alpha value is -2.73. The smallest absolute Gasteiger partial charge is 0.243 e. The number of para-hydroxylation sites is 1. The van der Waals surface area contributed by atoms with Crippen LogP contribution in [0.5, 0.6) is 5.75 Å². The molecule has 1 amide bonds. The highest BCUT2D eigenvalue weighted by Gasteiger charge is 2.22. The maximum Gasteiger partial charge on any atom is 0.243 e. The number of amides is 1. The second-order valence-electron chi connectivity index (χ2n) is 5.64. The first kappa shape index (κ1) is 18.1. The van der Waals surface area contributed by atoms with E-state index < -0.39 is 0 Å². The molecular formula is C20H20N2O3S. The minimum absolute atomic E-state index is 0.130. The van der Waals surface area contributed by atoms with Gasteiger partial charge in [0, 0.05) is 11.8 Å². The summed E-state index contributed by atoms with van der Waals surface area (Å²) in [6.07, 6.45) is 0. The molecule has 0 unspecified atom stereocenters. The molecule has 1 N–H and O–H groups in total. The monoisotopic (exact) mass is 368 g/mol. The van der Waals surface area contributed by atoms with E-state index in [1.54, 1.807) is 13.0 Å². The number of aromatic nitrogens is 1. The van der Waals surface area contributed by atoms with Crippen molar-refractivity contribution in [2.45, 2.75) is 12.2 Å². The van der Waals surface area contributed by atoms with Gasteiger partial charge in [0.15, 0.2) is 5.82 Å². The van der Waals surface area contributed by atoms with Gasteiger partial charge in [-0.05, 0) is 24.6 Å². The summed E-state index contributed by atoms with van der Waals surface area (Å²) in [6.45, 7) is 2.31. The Morgan fingerprint density at radius 1 is 1.15 bits per heavy atom. The number of aryl methyl sites for hydroxylation is 1. The summed E-state index contributed by atoms with van der Waals surface area (Å²) >= 11 is 1.53. The number of carbonyl (C=O) groups excluding carboxylic acids is 1. The minimum atomic E-state index is -0.354. The Bertz CT molecular complexity index is 821. The fraction of sp³-hybridized carbons (Fsp3) is 0.200. The molecule has 1 aromatic heterocycles. The van der Waals surface area contributed by atoms with E-state index in [1.165, 1.54) is 11.8 Å². The lowest BCUT2D eigenvalue weighted by Crippen LogP contribution is -2.20. The van der Waals surface area contributed by atoms with Gasteiger partial charge in [-0.25, -0.2) is 0 Å². The van der Waals surface area contributed by atoms with Crippen molar-refractivity contribution >= 4 is 23.5 Å². The van der Waals surface area contributed by atoms with Gasteiger partial charge in [-0.3, -0.25) is 4.79 Å². The van der Waals surface area contributed by atoms with Crippen LogP contribution < -0.4 is 10.1 Å². The maximum atomic E-state index is 12.7. The predicted octanol–water partition coefficient (Wildman–Crippen LogP) is 4.48. The number of carbonyl (C=O) groups is 1. The number of hydrogen-bond donors (Lipinski definition) is 1. The molecule has 0 fully saturated rings. The van der Waals surface area contributed by atoms with Crippen LogP contribution in [-0.2, 0) is 4.79 Å². The molecule has 6 heteroatoms. The molecule has 0 saturated heterocycles. The van der Waals surface area contributed by atoms with Gasteiger partial charge < -0.3 is 14.6 Å². The van der Waals surface area contributed by atoms with Crippen molar-refractivity contribution in [2.75, 3.05) is 17.7 Å². The van der Waals surface area contributed by atoms with Crippen molar-refractivity contribution in [2.24, 2.45) is 0 Å². The Morgan fingerprint density at radius 3 is 2.50 bits per heavy atom. The molecule has 0 radical (unpaired) electrons. The highest BCUT2D eigenvalue weighted by molar-refractivity contribution is 8.00. The van der Waals surface area contributed by atoms with Gasteiger partial charge in [0.1, 0.15) is 16.8 Å². The van der Waals surface area contributed by atoms with E-state index in [-0.39, 0.29) is 11.2 Å². The van der Waals surface area contributed by atoms with Gasteiger partial charge in [0.2, 0.25) is 5.91 Å². The molecule has 0 aliphatic rings. The van der Waals surface area contributed by atoms with E-state index >= 15 is 0 Å². The summed E-state index contributed by atoms with van der Waals surface area (Å²) in [5.41, 5.74) is 0.940. The van der Waals surface area contributed by atoms with Crippen molar-refractivity contribution < 1.29 is 14.1 Å². The van der Waals surface area contributed by atoms with Crippen LogP contribution in [0.25, 0.3) is 0 Å². The van der Waals surface area contributed by atoms with Gasteiger partial charge in [-0.2, -0.15) is 0 Å². The van der Waals surface area contributed by atoms with Crippen LogP contribution in [0.1, 0.15) is 16.6 Å². The first-order valence-corrected chi connectivity index (χ1v) is 9.36. The van der Waals surface area contributed by atoms with Crippen LogP contribution in [0.2, 0.25) is 0 Å². The Kier molecular flexibility index (Phi) is 6.33. The molecule has 0 aliphatic heterocycles. The number of nitrogens with zero attached hydrogens (tertiary/aromatic N) is 1. The van der Waals surface area contributed by atoms with Crippen LogP contribution in [-0.4, -0.2) is 23.4 Å². The molecule has 1 heterocycles. The second-order valence-corrected chi connectivity index (χ2v) is 6.85. The van der Waals surface area contributed by atoms with Crippen LogP contribution in [0, 0.1) is 6.92 Å². The van der Waals surface area contributed by atoms with Crippen molar-refractivity contribution in [3.63, 3.8) is 0 Å². The topological polar surface area (TPSA) is 64.4 Å². The molecule has 2 aromatic carbocycles. The van der Waals surface area contributed by atoms with E-state index in [0.717, 1.165) is 11.3 Å². The van der Waals surface area contributed by atoms with E-state index in [4.69, 9.17) is 9.26 Å². The summed E-state index contributed by atoms with van der Waals surface area (Å²) < 4.78 is 10.7. The maximum absolute atomic E-state index is 12.7. The number of nitrogens with one attached hydrogen (secondary N) is 1. The molecule has 0 bridgehead atoms. The minimum Gasteiger partial charge on any atom is -0.493 e. The SMILES string of the molecule is Cc1cc(NC(=O)[C@@H](SCCOc2ccccc2)c2ccccc2)no1. The molecule has 134 valence electrons. The molecule has 26 heavy (non-hydrogen) atoms. The lowest BCUT2D eigenvalue weighted by molar-refractivity contribution is -0.115. The number of anilines is 1. The number of benzene rings is 2. The van der Waals surface area contributed by atoms with Crippen LogP contribution in [0.15, 0.2) is 71.3 Å². The van der Waals surface area contributed by atoms with E-state index in [1.807, 2.05) is 60.7 Å². The molecule has 0 aliphatic carbocycles. The third-order valence-corrected chi connectivity index (χ3v) is 4.82. The molecule has 1 atom stereocenters. The van der Waals surface area contributed by atoms with Gasteiger partial charge in [0.25, 0.3) is 0 Å². The molecule has 5 nitrogen and oxygen atoms in total. The van der Waals surface area contributed by atoms with Gasteiger partial charge >= 0.3 is 0 Å². The third kappa shape index (κ3) is 5.13. The first-order valence-electron chi connectivity index (χ1n) is 8.31. The average Bonchev–Trinajstić information content (AvgIpc) is 3.08. The summed E-state index contributed by atoms with van der Waals surface area (Å²) in [7, 11) is 0. The molecule has 0 spiro atoms. The third-order valence-electron chi connectivity index (χ3n) is 3.60. The van der Waals surface area contributed by atoms with Crippen molar-refractivity contribution in [3.05, 3.63) is 78.1 Å². The van der Waals surface area contributed by atoms with Crippen LogP contribution >= 0.6 is 11.8 Å². The quantitative estimate of drug-likeness (QED) is 0.594. The zero-order chi connectivity index (χ0) is 18.2. The molecule has 3 rings (SSSR count). The lowest BCUT2D eigenvalue weighted by Gasteiger charge is -2.16. The Morgan fingerprint density at radius 2 is 1.85 bits per heavy atom. The fourth-order valence-electron chi connectivity index (χ4n) is 2.41. The summed E-state index contributed by atoms with van der Waals surface area (Å²) in [6, 6.07) is 21.0. The standard InChI is InChI=1S/C20H20N2O3S/c1-15-14-18(22-25-15)21-20(23)19(16-8-4-2-5-9-16)26-13-12-24-17-10-6-3-7-11-17/h2-11,14,19H,12-13H2,1H3,(H,21,22,23)/t19-/m0/s1. The zero-order valence-electron chi connectivity index (χ0n) is 14.4. The van der Waals surface area contributed by atoms with Gasteiger partial charge in [-0.1, -0.05) is 53.7 Å². The zero-order valence-corrected chi connectivity index (χ0v) is 15.2. The average molecular weight is 368 g/mol. The van der Waals surface area contributed by atoms with Crippen LogP contribution in [0.4, 0.5) is 5.82 Å². The first-order chi connectivity index (χ1) is 12.7. The number of thioether (sulfide) groups is 1. The van der Waals surface area contributed by atoms with Gasteiger partial charge in [-0.15, -0.1) is 11.8 Å². The van der Waals surface area contributed by atoms with Gasteiger partial charge in [0.05, 0.1) is 6.61 Å². The van der Waals surface area contributed by atoms with E-state index in [0.29, 0.717) is 23.9 Å². The number of rotatable bonds is 8. The summed E-state index contributed by atoms with van der Waals surface area (Å²) in [5.74, 6) is 2.45. The van der Waals surface area contributed by atoms with Crippen LogP contribution in [0.3, 0.4) is 0 Å². The van der Waals surface area contributed by atoms with E-state index in [2.05, 4.69) is 10.5 Å². The Balaban J connectivity index is 1.61. The van der Waals surface area contributed by atoms with E-state index in [9.17, 15) is 4.79 Å².